The minimum atomic E-state index is -0.160. The van der Waals surface area contributed by atoms with Gasteiger partial charge in [-0.25, -0.2) is 0 Å². The molecule has 22 heavy (non-hydrogen) atoms. The van der Waals surface area contributed by atoms with Crippen molar-refractivity contribution in [3.63, 3.8) is 0 Å². The van der Waals surface area contributed by atoms with Gasteiger partial charge in [0, 0.05) is 18.0 Å². The summed E-state index contributed by atoms with van der Waals surface area (Å²) in [4.78, 5) is 26.6. The molecule has 2 rings (SSSR count). The van der Waals surface area contributed by atoms with Crippen molar-refractivity contribution in [1.82, 2.24) is 4.90 Å². The number of amides is 2. The van der Waals surface area contributed by atoms with E-state index in [1.165, 1.54) is 4.90 Å². The van der Waals surface area contributed by atoms with Crippen LogP contribution in [0.15, 0.2) is 54.6 Å². The Hall–Kier alpha value is -2.16. The second-order valence-corrected chi connectivity index (χ2v) is 5.75. The molecule has 1 atom stereocenters. The molecule has 1 aromatic carbocycles. The van der Waals surface area contributed by atoms with Gasteiger partial charge in [0.15, 0.2) is 0 Å². The Morgan fingerprint density at radius 3 is 2.68 bits per heavy atom. The quantitative estimate of drug-likeness (QED) is 0.630. The van der Waals surface area contributed by atoms with Crippen molar-refractivity contribution in [3.8, 4) is 0 Å². The molecule has 0 aliphatic carbocycles. The van der Waals surface area contributed by atoms with Gasteiger partial charge in [-0.15, -0.1) is 0 Å². The minimum absolute atomic E-state index is 0.0596. The highest BCUT2D eigenvalue weighted by Gasteiger charge is 2.29. The molecule has 0 bridgehead atoms. The largest absolute Gasteiger partial charge is 0.278 e. The molecule has 1 heterocycles. The Kier molecular flexibility index (Phi) is 5.70. The van der Waals surface area contributed by atoms with Crippen LogP contribution in [0, 0.1) is 5.92 Å². The van der Waals surface area contributed by atoms with E-state index in [4.69, 9.17) is 0 Å². The Morgan fingerprint density at radius 2 is 2.00 bits per heavy atom. The van der Waals surface area contributed by atoms with E-state index in [1.54, 1.807) is 12.2 Å². The summed E-state index contributed by atoms with van der Waals surface area (Å²) in [6.45, 7) is 6.00. The van der Waals surface area contributed by atoms with Crippen LogP contribution in [0.4, 0.5) is 0 Å². The molecule has 116 valence electrons. The van der Waals surface area contributed by atoms with Gasteiger partial charge in [0.1, 0.15) is 0 Å². The molecule has 2 amide bonds. The second kappa shape index (κ2) is 7.74. The summed E-state index contributed by atoms with van der Waals surface area (Å²) in [6.07, 6.45) is 6.45. The molecule has 0 N–H and O–H groups in total. The standard InChI is InChI=1S/C19H23NO2/c1-3-8-17-12-7-9-15(2)18(21)20(19(17)22)14-13-16-10-5-4-6-11-16/h3-6,8,10-11,15H,1,7,9,12-14H2,2H3. The third-order valence-electron chi connectivity index (χ3n) is 4.08. The first-order valence-electron chi connectivity index (χ1n) is 7.84. The summed E-state index contributed by atoms with van der Waals surface area (Å²) in [5.41, 5.74) is 1.82. The summed E-state index contributed by atoms with van der Waals surface area (Å²) in [5, 5.41) is 0. The minimum Gasteiger partial charge on any atom is -0.278 e. The summed E-state index contributed by atoms with van der Waals surface area (Å²) < 4.78 is 0. The van der Waals surface area contributed by atoms with Crippen LogP contribution in [0.5, 0.6) is 0 Å². The molecular formula is C19H23NO2. The highest BCUT2D eigenvalue weighted by atomic mass is 16.2. The van der Waals surface area contributed by atoms with E-state index in [1.807, 2.05) is 37.3 Å². The summed E-state index contributed by atoms with van der Waals surface area (Å²) in [7, 11) is 0. The molecule has 0 saturated carbocycles. The van der Waals surface area contributed by atoms with E-state index in [0.29, 0.717) is 25.0 Å². The number of benzene rings is 1. The molecule has 3 heteroatoms. The SMILES string of the molecule is C=CC=C1CCCC(C)C(=O)N(CCc2ccccc2)C1=O. The van der Waals surface area contributed by atoms with Gasteiger partial charge < -0.3 is 0 Å². The highest BCUT2D eigenvalue weighted by molar-refractivity contribution is 6.05. The zero-order chi connectivity index (χ0) is 15.9. The van der Waals surface area contributed by atoms with Gasteiger partial charge in [0.25, 0.3) is 5.91 Å². The molecule has 1 fully saturated rings. The predicted molar refractivity (Wildman–Crippen MR) is 88.2 cm³/mol. The van der Waals surface area contributed by atoms with E-state index in [0.717, 1.165) is 18.4 Å². The van der Waals surface area contributed by atoms with Gasteiger partial charge in [-0.2, -0.15) is 0 Å². The van der Waals surface area contributed by atoms with E-state index in [9.17, 15) is 9.59 Å². The molecule has 1 aliphatic rings. The fourth-order valence-corrected chi connectivity index (χ4v) is 2.76. The molecule has 0 spiro atoms. The normalized spacial score (nSPS) is 21.6. The Labute approximate surface area is 132 Å². The van der Waals surface area contributed by atoms with Gasteiger partial charge in [0.05, 0.1) is 0 Å². The van der Waals surface area contributed by atoms with Crippen LogP contribution in [0.3, 0.4) is 0 Å². The van der Waals surface area contributed by atoms with Crippen LogP contribution < -0.4 is 0 Å². The highest BCUT2D eigenvalue weighted by Crippen LogP contribution is 2.22. The summed E-state index contributed by atoms with van der Waals surface area (Å²) in [6, 6.07) is 9.94. The number of allylic oxidation sites excluding steroid dienone is 2. The van der Waals surface area contributed by atoms with Gasteiger partial charge in [-0.1, -0.05) is 56.0 Å². The molecule has 1 unspecified atom stereocenters. The molecule has 0 aromatic heterocycles. The number of hydrogen-bond acceptors (Lipinski definition) is 2. The van der Waals surface area contributed by atoms with E-state index >= 15 is 0 Å². The summed E-state index contributed by atoms with van der Waals surface area (Å²) in [5.74, 6) is -0.312. The fourth-order valence-electron chi connectivity index (χ4n) is 2.76. The van der Waals surface area contributed by atoms with Crippen molar-refractivity contribution in [1.29, 1.82) is 0 Å². The lowest BCUT2D eigenvalue weighted by Crippen LogP contribution is -2.43. The van der Waals surface area contributed by atoms with E-state index in [-0.39, 0.29) is 17.7 Å². The number of carbonyl (C=O) groups is 2. The molecule has 1 saturated heterocycles. The third-order valence-corrected chi connectivity index (χ3v) is 4.08. The van der Waals surface area contributed by atoms with Crippen LogP contribution in [0.2, 0.25) is 0 Å². The average molecular weight is 297 g/mol. The lowest BCUT2D eigenvalue weighted by Gasteiger charge is -2.27. The first-order chi connectivity index (χ1) is 10.6. The molecular weight excluding hydrogens is 274 g/mol. The van der Waals surface area contributed by atoms with Crippen LogP contribution >= 0.6 is 0 Å². The second-order valence-electron chi connectivity index (χ2n) is 5.75. The van der Waals surface area contributed by atoms with Gasteiger partial charge in [-0.05, 0) is 31.2 Å². The van der Waals surface area contributed by atoms with E-state index < -0.39 is 0 Å². The number of carbonyl (C=O) groups excluding carboxylic acids is 2. The predicted octanol–water partition coefficient (Wildman–Crippen LogP) is 3.52. The average Bonchev–Trinajstić information content (AvgIpc) is 2.53. The van der Waals surface area contributed by atoms with Crippen LogP contribution in [-0.4, -0.2) is 23.3 Å². The molecule has 1 aromatic rings. The Balaban J connectivity index is 2.17. The Bertz CT molecular complexity index is 574. The number of rotatable bonds is 4. The third kappa shape index (κ3) is 3.94. The monoisotopic (exact) mass is 297 g/mol. The number of nitrogens with zero attached hydrogens (tertiary/aromatic N) is 1. The fraction of sp³-hybridized carbons (Fsp3) is 0.368. The van der Waals surface area contributed by atoms with Crippen LogP contribution in [0.1, 0.15) is 31.7 Å². The van der Waals surface area contributed by atoms with Crippen molar-refractivity contribution in [3.05, 3.63) is 60.2 Å². The zero-order valence-electron chi connectivity index (χ0n) is 13.1. The van der Waals surface area contributed by atoms with Gasteiger partial charge in [-0.3, -0.25) is 14.5 Å². The smallest absolute Gasteiger partial charge is 0.256 e. The van der Waals surface area contributed by atoms with Crippen LogP contribution in [-0.2, 0) is 16.0 Å². The maximum atomic E-state index is 12.7. The van der Waals surface area contributed by atoms with Gasteiger partial charge >= 0.3 is 0 Å². The molecule has 3 nitrogen and oxygen atoms in total. The number of likely N-dealkylation sites (tertiary alicyclic amines) is 1. The zero-order valence-corrected chi connectivity index (χ0v) is 13.1. The van der Waals surface area contributed by atoms with Crippen molar-refractivity contribution < 1.29 is 9.59 Å². The maximum Gasteiger partial charge on any atom is 0.256 e. The van der Waals surface area contributed by atoms with Crippen molar-refractivity contribution >= 4 is 11.8 Å². The summed E-state index contributed by atoms with van der Waals surface area (Å²) >= 11 is 0. The van der Waals surface area contributed by atoms with E-state index in [2.05, 4.69) is 6.58 Å². The van der Waals surface area contributed by atoms with Crippen molar-refractivity contribution in [2.24, 2.45) is 5.92 Å². The first kappa shape index (κ1) is 16.2. The number of imide groups is 1. The first-order valence-corrected chi connectivity index (χ1v) is 7.84. The van der Waals surface area contributed by atoms with Crippen molar-refractivity contribution in [2.75, 3.05) is 6.54 Å². The lowest BCUT2D eigenvalue weighted by molar-refractivity contribution is -0.145. The molecule has 0 radical (unpaired) electrons. The number of hydrogen-bond donors (Lipinski definition) is 0. The topological polar surface area (TPSA) is 37.4 Å². The maximum absolute atomic E-state index is 12.7. The van der Waals surface area contributed by atoms with Crippen LogP contribution in [0.25, 0.3) is 0 Å². The Morgan fingerprint density at radius 1 is 1.27 bits per heavy atom. The van der Waals surface area contributed by atoms with Crippen molar-refractivity contribution in [2.45, 2.75) is 32.6 Å². The van der Waals surface area contributed by atoms with Gasteiger partial charge in [0.2, 0.25) is 5.91 Å². The lowest BCUT2D eigenvalue weighted by atomic mass is 9.95. The molecule has 1 aliphatic heterocycles.